The zero-order chi connectivity index (χ0) is 12.4. The van der Waals surface area contributed by atoms with E-state index in [0.29, 0.717) is 16.7 Å². The highest BCUT2D eigenvalue weighted by Gasteiger charge is 2.13. The number of nitrogens with zero attached hydrogens (tertiary/aromatic N) is 2. The van der Waals surface area contributed by atoms with Crippen molar-refractivity contribution in [1.29, 1.82) is 0 Å². The summed E-state index contributed by atoms with van der Waals surface area (Å²) in [4.78, 5) is 10.8. The number of methoxy groups -OCH3 is 2. The summed E-state index contributed by atoms with van der Waals surface area (Å²) < 4.78 is 10.2. The first-order chi connectivity index (χ1) is 8.17. The van der Waals surface area contributed by atoms with Gasteiger partial charge in [0, 0.05) is 5.39 Å². The van der Waals surface area contributed by atoms with E-state index in [1.807, 2.05) is 0 Å². The first-order valence-electron chi connectivity index (χ1n) is 4.79. The van der Waals surface area contributed by atoms with Gasteiger partial charge in [-0.2, -0.15) is 0 Å². The Morgan fingerprint density at radius 2 is 2.00 bits per heavy atom. The van der Waals surface area contributed by atoms with E-state index in [-0.39, 0.29) is 11.4 Å². The summed E-state index contributed by atoms with van der Waals surface area (Å²) >= 11 is 0. The molecule has 0 spiro atoms. The molecule has 0 fully saturated rings. The van der Waals surface area contributed by atoms with Gasteiger partial charge in [0.25, 0.3) is 5.88 Å². The second-order valence-electron chi connectivity index (χ2n) is 3.28. The molecule has 0 aliphatic rings. The van der Waals surface area contributed by atoms with Crippen molar-refractivity contribution in [3.05, 3.63) is 23.8 Å². The smallest absolute Gasteiger partial charge is 0.335 e. The quantitative estimate of drug-likeness (QED) is 0.863. The summed E-state index contributed by atoms with van der Waals surface area (Å²) in [6, 6.07) is 4.54. The monoisotopic (exact) mass is 234 g/mol. The average molecular weight is 234 g/mol. The molecule has 6 nitrogen and oxygen atoms in total. The molecule has 1 N–H and O–H groups in total. The van der Waals surface area contributed by atoms with Crippen molar-refractivity contribution in [1.82, 2.24) is 10.2 Å². The van der Waals surface area contributed by atoms with Crippen molar-refractivity contribution in [3.8, 4) is 11.6 Å². The topological polar surface area (TPSA) is 81.5 Å². The van der Waals surface area contributed by atoms with Crippen LogP contribution in [0.5, 0.6) is 11.6 Å². The summed E-state index contributed by atoms with van der Waals surface area (Å²) in [5.41, 5.74) is 0.599. The zero-order valence-electron chi connectivity index (χ0n) is 9.30. The van der Waals surface area contributed by atoms with Crippen LogP contribution in [0.4, 0.5) is 0 Å². The lowest BCUT2D eigenvalue weighted by Crippen LogP contribution is -2.00. The Kier molecular flexibility index (Phi) is 2.78. The Bertz CT molecular complexity index is 583. The van der Waals surface area contributed by atoms with E-state index in [1.165, 1.54) is 26.4 Å². The van der Waals surface area contributed by atoms with Gasteiger partial charge >= 0.3 is 5.97 Å². The standard InChI is InChI=1S/C11H10N2O4/c1-16-9-7-4-3-6(11(14)15)5-8(7)12-13-10(9)17-2/h3-5H,1-2H3,(H,14,15). The molecule has 6 heteroatoms. The summed E-state index contributed by atoms with van der Waals surface area (Å²) in [5, 5.41) is 17.2. The molecule has 0 saturated carbocycles. The Hall–Kier alpha value is -2.37. The van der Waals surface area contributed by atoms with Crippen LogP contribution in [0.1, 0.15) is 10.4 Å². The highest BCUT2D eigenvalue weighted by molar-refractivity contribution is 5.95. The molecule has 1 aromatic carbocycles. The number of carboxylic acids is 1. The van der Waals surface area contributed by atoms with Crippen LogP contribution in [0.2, 0.25) is 0 Å². The molecular formula is C11H10N2O4. The van der Waals surface area contributed by atoms with Gasteiger partial charge in [-0.25, -0.2) is 4.79 Å². The summed E-state index contributed by atoms with van der Waals surface area (Å²) in [7, 11) is 2.95. The van der Waals surface area contributed by atoms with Gasteiger partial charge in [0.1, 0.15) is 0 Å². The van der Waals surface area contributed by atoms with Crippen LogP contribution in [0.15, 0.2) is 18.2 Å². The van der Waals surface area contributed by atoms with Crippen LogP contribution < -0.4 is 9.47 Å². The lowest BCUT2D eigenvalue weighted by molar-refractivity contribution is 0.0697. The molecule has 0 aliphatic heterocycles. The number of aromatic carboxylic acids is 1. The lowest BCUT2D eigenvalue weighted by Gasteiger charge is -2.08. The first-order valence-corrected chi connectivity index (χ1v) is 4.79. The van der Waals surface area contributed by atoms with Gasteiger partial charge in [-0.3, -0.25) is 0 Å². The molecule has 0 radical (unpaired) electrons. The van der Waals surface area contributed by atoms with Gasteiger partial charge in [-0.15, -0.1) is 10.2 Å². The average Bonchev–Trinajstić information content (AvgIpc) is 2.36. The van der Waals surface area contributed by atoms with E-state index in [4.69, 9.17) is 14.6 Å². The van der Waals surface area contributed by atoms with Crippen LogP contribution in [-0.2, 0) is 0 Å². The molecule has 1 heterocycles. The van der Waals surface area contributed by atoms with Crippen LogP contribution in [-0.4, -0.2) is 35.5 Å². The van der Waals surface area contributed by atoms with E-state index >= 15 is 0 Å². The third kappa shape index (κ3) is 1.84. The molecule has 2 aromatic rings. The minimum absolute atomic E-state index is 0.152. The maximum absolute atomic E-state index is 10.8. The Labute approximate surface area is 96.8 Å². The highest BCUT2D eigenvalue weighted by atomic mass is 16.5. The Morgan fingerprint density at radius 3 is 2.59 bits per heavy atom. The first kappa shape index (κ1) is 11.1. The molecule has 0 bridgehead atoms. The largest absolute Gasteiger partial charge is 0.491 e. The van der Waals surface area contributed by atoms with E-state index < -0.39 is 5.97 Å². The van der Waals surface area contributed by atoms with Gasteiger partial charge in [0.15, 0.2) is 5.75 Å². The second-order valence-corrected chi connectivity index (χ2v) is 3.28. The maximum Gasteiger partial charge on any atom is 0.335 e. The lowest BCUT2D eigenvalue weighted by atomic mass is 10.1. The number of carboxylic acid groups (broad SMARTS) is 1. The fraction of sp³-hybridized carbons (Fsp3) is 0.182. The van der Waals surface area contributed by atoms with Crippen LogP contribution in [0, 0.1) is 0 Å². The summed E-state index contributed by atoms with van der Waals surface area (Å²) in [6.07, 6.45) is 0. The van der Waals surface area contributed by atoms with E-state index in [1.54, 1.807) is 6.07 Å². The number of benzene rings is 1. The molecule has 0 unspecified atom stereocenters. The number of hydrogen-bond donors (Lipinski definition) is 1. The molecule has 88 valence electrons. The van der Waals surface area contributed by atoms with Crippen molar-refractivity contribution >= 4 is 16.9 Å². The fourth-order valence-electron chi connectivity index (χ4n) is 1.53. The maximum atomic E-state index is 10.8. The third-order valence-electron chi connectivity index (χ3n) is 2.33. The number of rotatable bonds is 3. The molecule has 0 atom stereocenters. The van der Waals surface area contributed by atoms with Crippen molar-refractivity contribution in [2.75, 3.05) is 14.2 Å². The van der Waals surface area contributed by atoms with Crippen molar-refractivity contribution in [2.24, 2.45) is 0 Å². The van der Waals surface area contributed by atoms with E-state index in [2.05, 4.69) is 10.2 Å². The van der Waals surface area contributed by atoms with Gasteiger partial charge < -0.3 is 14.6 Å². The fourth-order valence-corrected chi connectivity index (χ4v) is 1.53. The number of ether oxygens (including phenoxy) is 2. The van der Waals surface area contributed by atoms with Crippen molar-refractivity contribution in [3.63, 3.8) is 0 Å². The number of aromatic nitrogens is 2. The molecule has 17 heavy (non-hydrogen) atoms. The second kappa shape index (κ2) is 4.25. The summed E-state index contributed by atoms with van der Waals surface area (Å²) in [5.74, 6) is -0.305. The van der Waals surface area contributed by atoms with Gasteiger partial charge in [-0.05, 0) is 18.2 Å². The normalized spacial score (nSPS) is 10.2. The summed E-state index contributed by atoms with van der Waals surface area (Å²) in [6.45, 7) is 0. The SMILES string of the molecule is COc1nnc2cc(C(=O)O)ccc2c1OC. The van der Waals surface area contributed by atoms with Gasteiger partial charge in [0.2, 0.25) is 0 Å². The van der Waals surface area contributed by atoms with Crippen molar-refractivity contribution in [2.45, 2.75) is 0 Å². The van der Waals surface area contributed by atoms with Crippen LogP contribution in [0.25, 0.3) is 10.9 Å². The molecule has 1 aromatic heterocycles. The van der Waals surface area contributed by atoms with Gasteiger partial charge in [0.05, 0.1) is 25.3 Å². The third-order valence-corrected chi connectivity index (χ3v) is 2.33. The van der Waals surface area contributed by atoms with E-state index in [0.717, 1.165) is 0 Å². The predicted molar refractivity (Wildman–Crippen MR) is 59.6 cm³/mol. The van der Waals surface area contributed by atoms with E-state index in [9.17, 15) is 4.79 Å². The molecule has 0 amide bonds. The number of carbonyl (C=O) groups is 1. The molecule has 2 rings (SSSR count). The molecule has 0 saturated heterocycles. The minimum Gasteiger partial charge on any atom is -0.491 e. The molecule has 0 aliphatic carbocycles. The predicted octanol–water partition coefficient (Wildman–Crippen LogP) is 1.35. The Balaban J connectivity index is 2.70. The minimum atomic E-state index is -1.01. The Morgan fingerprint density at radius 1 is 1.24 bits per heavy atom. The number of hydrogen-bond acceptors (Lipinski definition) is 5. The molecular weight excluding hydrogens is 224 g/mol. The van der Waals surface area contributed by atoms with Gasteiger partial charge in [-0.1, -0.05) is 0 Å². The number of fused-ring (bicyclic) bond motifs is 1. The van der Waals surface area contributed by atoms with Crippen LogP contribution >= 0.6 is 0 Å². The highest BCUT2D eigenvalue weighted by Crippen LogP contribution is 2.31. The van der Waals surface area contributed by atoms with Crippen LogP contribution in [0.3, 0.4) is 0 Å². The van der Waals surface area contributed by atoms with Crippen molar-refractivity contribution < 1.29 is 19.4 Å². The zero-order valence-corrected chi connectivity index (χ0v) is 9.30.